The van der Waals surface area contributed by atoms with Crippen LogP contribution in [-0.2, 0) is 11.2 Å². The van der Waals surface area contributed by atoms with Crippen molar-refractivity contribution in [3.8, 4) is 0 Å². The highest BCUT2D eigenvalue weighted by atomic mass is 19.1. The third-order valence-corrected chi connectivity index (χ3v) is 6.09. The van der Waals surface area contributed by atoms with Crippen molar-refractivity contribution < 1.29 is 9.18 Å². The van der Waals surface area contributed by atoms with Crippen LogP contribution in [0.25, 0.3) is 5.65 Å². The zero-order chi connectivity index (χ0) is 19.8. The Morgan fingerprint density at radius 1 is 1.17 bits per heavy atom. The van der Waals surface area contributed by atoms with E-state index in [-0.39, 0.29) is 23.7 Å². The van der Waals surface area contributed by atoms with Crippen LogP contribution in [0.1, 0.15) is 24.8 Å². The molecule has 0 spiro atoms. The zero-order valence-corrected chi connectivity index (χ0v) is 16.1. The number of hydrogen-bond acceptors (Lipinski definition) is 5. The largest absolute Gasteiger partial charge is 0.353 e. The van der Waals surface area contributed by atoms with Gasteiger partial charge < -0.3 is 9.80 Å². The molecule has 5 rings (SSSR count). The van der Waals surface area contributed by atoms with Crippen molar-refractivity contribution >= 4 is 17.4 Å². The Morgan fingerprint density at radius 3 is 2.97 bits per heavy atom. The van der Waals surface area contributed by atoms with Gasteiger partial charge in [0.25, 0.3) is 0 Å². The fourth-order valence-electron chi connectivity index (χ4n) is 4.65. The van der Waals surface area contributed by atoms with E-state index in [1.807, 2.05) is 17.2 Å². The van der Waals surface area contributed by atoms with Crippen LogP contribution in [0.3, 0.4) is 0 Å². The van der Waals surface area contributed by atoms with E-state index >= 15 is 0 Å². The number of amides is 1. The molecule has 0 radical (unpaired) electrons. The van der Waals surface area contributed by atoms with Crippen molar-refractivity contribution in [2.24, 2.45) is 5.92 Å². The van der Waals surface area contributed by atoms with E-state index in [9.17, 15) is 9.18 Å². The minimum atomic E-state index is -0.328. The number of carbonyl (C=O) groups is 1. The second kappa shape index (κ2) is 7.42. The molecule has 2 fully saturated rings. The van der Waals surface area contributed by atoms with Gasteiger partial charge in [0.05, 0.1) is 12.2 Å². The minimum absolute atomic E-state index is 0.0822. The lowest BCUT2D eigenvalue weighted by Crippen LogP contribution is -2.51. The average Bonchev–Trinajstić information content (AvgIpc) is 3.34. The molecular weight excluding hydrogens is 371 g/mol. The van der Waals surface area contributed by atoms with E-state index in [1.165, 1.54) is 17.8 Å². The summed E-state index contributed by atoms with van der Waals surface area (Å²) in [5.41, 5.74) is 2.06. The van der Waals surface area contributed by atoms with Crippen molar-refractivity contribution in [1.29, 1.82) is 0 Å². The van der Waals surface area contributed by atoms with Crippen molar-refractivity contribution in [1.82, 2.24) is 24.5 Å². The fourth-order valence-corrected chi connectivity index (χ4v) is 4.65. The first-order chi connectivity index (χ1) is 14.2. The van der Waals surface area contributed by atoms with Crippen molar-refractivity contribution in [2.75, 3.05) is 24.5 Å². The van der Waals surface area contributed by atoms with E-state index in [2.05, 4.69) is 26.0 Å². The van der Waals surface area contributed by atoms with Gasteiger partial charge in [0.15, 0.2) is 5.65 Å². The minimum Gasteiger partial charge on any atom is -0.353 e. The molecule has 5 heterocycles. The van der Waals surface area contributed by atoms with Gasteiger partial charge in [-0.1, -0.05) is 6.07 Å². The van der Waals surface area contributed by atoms with E-state index in [4.69, 9.17) is 0 Å². The van der Waals surface area contributed by atoms with Crippen LogP contribution in [0.2, 0.25) is 0 Å². The summed E-state index contributed by atoms with van der Waals surface area (Å²) in [4.78, 5) is 25.6. The number of aryl methyl sites for hydroxylation is 1. The molecule has 150 valence electrons. The number of rotatable bonds is 5. The van der Waals surface area contributed by atoms with Crippen molar-refractivity contribution in [3.05, 3.63) is 54.4 Å². The Kier molecular flexibility index (Phi) is 4.61. The zero-order valence-electron chi connectivity index (χ0n) is 16.1. The lowest BCUT2D eigenvalue weighted by molar-refractivity contribution is -0.132. The van der Waals surface area contributed by atoms with Gasteiger partial charge >= 0.3 is 0 Å². The summed E-state index contributed by atoms with van der Waals surface area (Å²) >= 11 is 0. The number of piperazine rings is 1. The monoisotopic (exact) mass is 394 g/mol. The Balaban J connectivity index is 1.19. The second-order valence-corrected chi connectivity index (χ2v) is 7.85. The molecule has 3 aromatic heterocycles. The Hall–Kier alpha value is -3.03. The molecule has 2 aliphatic rings. The molecule has 0 N–H and O–H groups in total. The number of pyridine rings is 2. The topological polar surface area (TPSA) is 66.6 Å². The number of fused-ring (bicyclic) bond motifs is 2. The molecule has 0 aromatic carbocycles. The summed E-state index contributed by atoms with van der Waals surface area (Å²) in [7, 11) is 0. The van der Waals surface area contributed by atoms with Gasteiger partial charge in [-0.25, -0.2) is 18.9 Å². The number of nitrogens with zero attached hydrogens (tertiary/aromatic N) is 6. The number of aromatic nitrogens is 4. The smallest absolute Gasteiger partial charge is 0.226 e. The molecule has 0 bridgehead atoms. The normalized spacial score (nSPS) is 21.8. The molecule has 2 saturated heterocycles. The van der Waals surface area contributed by atoms with Gasteiger partial charge in [-0.05, 0) is 49.4 Å². The predicted molar refractivity (Wildman–Crippen MR) is 106 cm³/mol. The van der Waals surface area contributed by atoms with Crippen LogP contribution in [0.5, 0.6) is 0 Å². The summed E-state index contributed by atoms with van der Waals surface area (Å²) in [6, 6.07) is 7.43. The fraction of sp³-hybridized carbons (Fsp3) is 0.429. The van der Waals surface area contributed by atoms with Gasteiger partial charge in [0.1, 0.15) is 18.0 Å². The summed E-state index contributed by atoms with van der Waals surface area (Å²) in [5, 5.41) is 4.18. The van der Waals surface area contributed by atoms with Gasteiger partial charge in [-0.3, -0.25) is 4.79 Å². The number of hydrogen-bond donors (Lipinski definition) is 0. The van der Waals surface area contributed by atoms with Crippen LogP contribution in [0.15, 0.2) is 43.0 Å². The van der Waals surface area contributed by atoms with Crippen LogP contribution in [0.4, 0.5) is 10.2 Å². The van der Waals surface area contributed by atoms with E-state index in [0.29, 0.717) is 6.54 Å². The third kappa shape index (κ3) is 3.43. The molecular formula is C21H23FN6O. The average molecular weight is 394 g/mol. The first-order valence-electron chi connectivity index (χ1n) is 10.1. The highest BCUT2D eigenvalue weighted by Crippen LogP contribution is 2.32. The Bertz CT molecular complexity index is 1020. The van der Waals surface area contributed by atoms with Crippen molar-refractivity contribution in [3.63, 3.8) is 0 Å². The molecule has 1 unspecified atom stereocenters. The number of halogens is 1. The van der Waals surface area contributed by atoms with Crippen LogP contribution < -0.4 is 4.90 Å². The number of anilines is 1. The molecule has 29 heavy (non-hydrogen) atoms. The number of carbonyl (C=O) groups excluding carboxylic acids is 1. The SMILES string of the molecule is O=C1C(CCCc2cccn3ncnc23)C[C@H]2CN(c3ccc(F)cn3)CCN12. The first kappa shape index (κ1) is 18.0. The predicted octanol–water partition coefficient (Wildman–Crippen LogP) is 2.32. The summed E-state index contributed by atoms with van der Waals surface area (Å²) in [5.74, 6) is 0.815. The molecule has 0 saturated carbocycles. The summed E-state index contributed by atoms with van der Waals surface area (Å²) in [6.07, 6.45) is 8.32. The maximum absolute atomic E-state index is 13.1. The molecule has 2 atom stereocenters. The lowest BCUT2D eigenvalue weighted by Gasteiger charge is -2.38. The van der Waals surface area contributed by atoms with Gasteiger partial charge in [0.2, 0.25) is 5.91 Å². The molecule has 8 heteroatoms. The van der Waals surface area contributed by atoms with Crippen LogP contribution in [-0.4, -0.2) is 56.1 Å². The van der Waals surface area contributed by atoms with Gasteiger partial charge in [-0.15, -0.1) is 0 Å². The lowest BCUT2D eigenvalue weighted by atomic mass is 9.96. The highest BCUT2D eigenvalue weighted by molar-refractivity contribution is 5.82. The molecule has 1 amide bonds. The standard InChI is InChI=1S/C21H23FN6O/c22-17-6-7-19(23-12-17)26-9-10-27-18(13-26)11-16(21(27)29)4-1-3-15-5-2-8-28-20(15)24-14-25-28/h2,5-8,12,14,16,18H,1,3-4,9-11,13H2/t16?,18-/m0/s1. The first-order valence-corrected chi connectivity index (χ1v) is 10.1. The van der Waals surface area contributed by atoms with Gasteiger partial charge in [-0.2, -0.15) is 5.10 Å². The summed E-state index contributed by atoms with van der Waals surface area (Å²) < 4.78 is 14.9. The van der Waals surface area contributed by atoms with Crippen molar-refractivity contribution in [2.45, 2.75) is 31.7 Å². The second-order valence-electron chi connectivity index (χ2n) is 7.85. The van der Waals surface area contributed by atoms with E-state index in [0.717, 1.165) is 50.2 Å². The van der Waals surface area contributed by atoms with E-state index in [1.54, 1.807) is 16.9 Å². The molecule has 0 aliphatic carbocycles. The Morgan fingerprint density at radius 2 is 2.10 bits per heavy atom. The maximum atomic E-state index is 13.1. The summed E-state index contributed by atoms with van der Waals surface area (Å²) in [6.45, 7) is 2.21. The molecule has 3 aromatic rings. The highest BCUT2D eigenvalue weighted by Gasteiger charge is 2.42. The van der Waals surface area contributed by atoms with E-state index < -0.39 is 0 Å². The molecule has 7 nitrogen and oxygen atoms in total. The van der Waals surface area contributed by atoms with Crippen LogP contribution in [0, 0.1) is 11.7 Å². The van der Waals surface area contributed by atoms with Gasteiger partial charge in [0, 0.05) is 31.7 Å². The third-order valence-electron chi connectivity index (χ3n) is 6.09. The maximum Gasteiger partial charge on any atom is 0.226 e. The quantitative estimate of drug-likeness (QED) is 0.665. The Labute approximate surface area is 168 Å². The van der Waals surface area contributed by atoms with Crippen LogP contribution >= 0.6 is 0 Å². The molecule has 2 aliphatic heterocycles.